The quantitative estimate of drug-likeness (QED) is 0.818. The van der Waals surface area contributed by atoms with Crippen LogP contribution in [0.5, 0.6) is 0 Å². The molecule has 5 nitrogen and oxygen atoms in total. The number of aromatic carboxylic acids is 1. The summed E-state index contributed by atoms with van der Waals surface area (Å²) in [6.07, 6.45) is 1.01. The highest BCUT2D eigenvalue weighted by Gasteiger charge is 2.21. The van der Waals surface area contributed by atoms with Crippen LogP contribution in [0.2, 0.25) is 0 Å². The molecule has 0 spiro atoms. The molecule has 0 saturated carbocycles. The molecular formula is C12H14BrNO4S2. The number of carboxylic acid groups (broad SMARTS) is 1. The Hall–Kier alpha value is -0.570. The van der Waals surface area contributed by atoms with Crippen molar-refractivity contribution in [3.8, 4) is 0 Å². The van der Waals surface area contributed by atoms with Crippen LogP contribution in [0.1, 0.15) is 16.8 Å². The lowest BCUT2D eigenvalue weighted by molar-refractivity contribution is 0.0695. The van der Waals surface area contributed by atoms with Gasteiger partial charge in [0.15, 0.2) is 0 Å². The van der Waals surface area contributed by atoms with Gasteiger partial charge in [0.2, 0.25) is 10.0 Å². The van der Waals surface area contributed by atoms with E-state index in [1.54, 1.807) is 0 Å². The first kappa shape index (κ1) is 15.8. The normalized spacial score (nSPS) is 19.1. The van der Waals surface area contributed by atoms with E-state index >= 15 is 0 Å². The van der Waals surface area contributed by atoms with Crippen LogP contribution in [0, 0.1) is 5.92 Å². The summed E-state index contributed by atoms with van der Waals surface area (Å²) in [4.78, 5) is 11.0. The van der Waals surface area contributed by atoms with E-state index in [4.69, 9.17) is 5.11 Å². The van der Waals surface area contributed by atoms with Gasteiger partial charge in [0.25, 0.3) is 0 Å². The molecule has 8 heteroatoms. The molecule has 0 amide bonds. The lowest BCUT2D eigenvalue weighted by Crippen LogP contribution is -2.29. The molecule has 1 unspecified atom stereocenters. The Bertz CT molecular complexity index is 612. The second kappa shape index (κ2) is 6.46. The summed E-state index contributed by atoms with van der Waals surface area (Å²) >= 11 is 4.91. The Labute approximate surface area is 130 Å². The molecule has 2 N–H and O–H groups in total. The molecule has 110 valence electrons. The van der Waals surface area contributed by atoms with E-state index in [1.807, 2.05) is 11.8 Å². The lowest BCUT2D eigenvalue weighted by Gasteiger charge is -2.11. The minimum Gasteiger partial charge on any atom is -0.478 e. The summed E-state index contributed by atoms with van der Waals surface area (Å²) < 4.78 is 27.2. The third kappa shape index (κ3) is 3.75. The fourth-order valence-electron chi connectivity index (χ4n) is 1.89. The number of halogens is 1. The smallest absolute Gasteiger partial charge is 0.336 e. The maximum atomic E-state index is 12.1. The molecule has 1 aromatic carbocycles. The number of hydrogen-bond acceptors (Lipinski definition) is 4. The number of rotatable bonds is 5. The van der Waals surface area contributed by atoms with E-state index in [-0.39, 0.29) is 10.5 Å². The number of hydrogen-bond donors (Lipinski definition) is 2. The second-order valence-corrected chi connectivity index (χ2v) is 8.30. The second-order valence-electron chi connectivity index (χ2n) is 4.53. The van der Waals surface area contributed by atoms with Crippen LogP contribution in [0.25, 0.3) is 0 Å². The summed E-state index contributed by atoms with van der Waals surface area (Å²) in [7, 11) is -3.66. The van der Waals surface area contributed by atoms with E-state index in [0.717, 1.165) is 24.0 Å². The van der Waals surface area contributed by atoms with Crippen LogP contribution in [0.3, 0.4) is 0 Å². The number of sulfonamides is 1. The Morgan fingerprint density at radius 1 is 1.50 bits per heavy atom. The third-order valence-corrected chi connectivity index (χ3v) is 6.41. The molecule has 1 aliphatic rings. The van der Waals surface area contributed by atoms with Gasteiger partial charge in [-0.2, -0.15) is 11.8 Å². The van der Waals surface area contributed by atoms with E-state index < -0.39 is 16.0 Å². The molecule has 0 aromatic heterocycles. The largest absolute Gasteiger partial charge is 0.478 e. The van der Waals surface area contributed by atoms with Gasteiger partial charge in [-0.15, -0.1) is 0 Å². The Morgan fingerprint density at radius 3 is 2.85 bits per heavy atom. The van der Waals surface area contributed by atoms with Crippen LogP contribution in [0.4, 0.5) is 0 Å². The number of nitrogens with one attached hydrogen (secondary N) is 1. The van der Waals surface area contributed by atoms with Gasteiger partial charge in [-0.05, 0) is 58.0 Å². The topological polar surface area (TPSA) is 83.5 Å². The number of thioether (sulfide) groups is 1. The van der Waals surface area contributed by atoms with Crippen molar-refractivity contribution < 1.29 is 18.3 Å². The van der Waals surface area contributed by atoms with Crippen LogP contribution < -0.4 is 4.72 Å². The molecule has 0 radical (unpaired) electrons. The molecule has 1 heterocycles. The van der Waals surface area contributed by atoms with Gasteiger partial charge in [0.1, 0.15) is 0 Å². The van der Waals surface area contributed by atoms with Crippen LogP contribution in [-0.2, 0) is 10.0 Å². The average molecular weight is 380 g/mol. The minimum atomic E-state index is -3.66. The molecule has 1 atom stereocenters. The molecular weight excluding hydrogens is 366 g/mol. The highest BCUT2D eigenvalue weighted by Crippen LogP contribution is 2.24. The van der Waals surface area contributed by atoms with Gasteiger partial charge in [0, 0.05) is 11.0 Å². The van der Waals surface area contributed by atoms with Gasteiger partial charge in [-0.3, -0.25) is 0 Å². The molecule has 1 fully saturated rings. The van der Waals surface area contributed by atoms with Gasteiger partial charge < -0.3 is 5.11 Å². The summed E-state index contributed by atoms with van der Waals surface area (Å²) in [5.74, 6) is 1.21. The van der Waals surface area contributed by atoms with Crippen LogP contribution >= 0.6 is 27.7 Å². The zero-order valence-electron chi connectivity index (χ0n) is 10.5. The third-order valence-electron chi connectivity index (χ3n) is 3.06. The summed E-state index contributed by atoms with van der Waals surface area (Å²) in [5, 5.41) is 9.01. The summed E-state index contributed by atoms with van der Waals surface area (Å²) in [6.45, 7) is 0.397. The zero-order valence-corrected chi connectivity index (χ0v) is 13.7. The monoisotopic (exact) mass is 379 g/mol. The highest BCUT2D eigenvalue weighted by molar-refractivity contribution is 9.10. The predicted octanol–water partition coefficient (Wildman–Crippen LogP) is 2.18. The SMILES string of the molecule is O=C(O)c1cc(S(=O)(=O)NCC2CCSC2)ccc1Br. The maximum Gasteiger partial charge on any atom is 0.336 e. The Kier molecular flexibility index (Phi) is 5.11. The van der Waals surface area contributed by atoms with Crippen LogP contribution in [-0.4, -0.2) is 37.5 Å². The Balaban J connectivity index is 2.16. The van der Waals surface area contributed by atoms with Gasteiger partial charge in [-0.1, -0.05) is 0 Å². The lowest BCUT2D eigenvalue weighted by atomic mass is 10.1. The van der Waals surface area contributed by atoms with Crippen molar-refractivity contribution >= 4 is 43.7 Å². The van der Waals surface area contributed by atoms with E-state index in [9.17, 15) is 13.2 Å². The number of benzene rings is 1. The summed E-state index contributed by atoms with van der Waals surface area (Å²) in [6, 6.07) is 3.99. The van der Waals surface area contributed by atoms with Crippen molar-refractivity contribution in [2.75, 3.05) is 18.1 Å². The van der Waals surface area contributed by atoms with Gasteiger partial charge in [-0.25, -0.2) is 17.9 Å². The summed E-state index contributed by atoms with van der Waals surface area (Å²) in [5.41, 5.74) is -0.0655. The van der Waals surface area contributed by atoms with E-state index in [2.05, 4.69) is 20.7 Å². The first-order valence-electron chi connectivity index (χ1n) is 6.00. The highest BCUT2D eigenvalue weighted by atomic mass is 79.9. The van der Waals surface area contributed by atoms with Crippen molar-refractivity contribution in [3.05, 3.63) is 28.2 Å². The minimum absolute atomic E-state index is 0.0243. The molecule has 1 saturated heterocycles. The van der Waals surface area contributed by atoms with Crippen molar-refractivity contribution in [1.29, 1.82) is 0 Å². The van der Waals surface area contributed by atoms with Gasteiger partial charge in [0.05, 0.1) is 10.5 Å². The van der Waals surface area contributed by atoms with Crippen molar-refractivity contribution in [2.24, 2.45) is 5.92 Å². The molecule has 0 bridgehead atoms. The zero-order chi connectivity index (χ0) is 14.8. The molecule has 1 aliphatic heterocycles. The fraction of sp³-hybridized carbons (Fsp3) is 0.417. The van der Waals surface area contributed by atoms with Crippen LogP contribution in [0.15, 0.2) is 27.6 Å². The Morgan fingerprint density at radius 2 is 2.25 bits per heavy atom. The fourth-order valence-corrected chi connectivity index (χ4v) is 4.73. The first-order valence-corrected chi connectivity index (χ1v) is 9.43. The van der Waals surface area contributed by atoms with Crippen molar-refractivity contribution in [2.45, 2.75) is 11.3 Å². The average Bonchev–Trinajstić information content (AvgIpc) is 2.89. The van der Waals surface area contributed by atoms with Gasteiger partial charge >= 0.3 is 5.97 Å². The molecule has 2 rings (SSSR count). The first-order chi connectivity index (χ1) is 9.40. The molecule has 1 aromatic rings. The number of carboxylic acids is 1. The maximum absolute atomic E-state index is 12.1. The standard InChI is InChI=1S/C12H14BrNO4S2/c13-11-2-1-9(5-10(11)12(15)16)20(17,18)14-6-8-3-4-19-7-8/h1-2,5,8,14H,3-4,6-7H2,(H,15,16). The molecule has 0 aliphatic carbocycles. The number of carbonyl (C=O) groups is 1. The van der Waals surface area contributed by atoms with Crippen molar-refractivity contribution in [1.82, 2.24) is 4.72 Å². The van der Waals surface area contributed by atoms with Crippen molar-refractivity contribution in [3.63, 3.8) is 0 Å². The predicted molar refractivity (Wildman–Crippen MR) is 81.7 cm³/mol. The van der Waals surface area contributed by atoms with E-state index in [1.165, 1.54) is 12.1 Å². The van der Waals surface area contributed by atoms with E-state index in [0.29, 0.717) is 16.9 Å². The molecule has 20 heavy (non-hydrogen) atoms.